The van der Waals surface area contributed by atoms with Crippen LogP contribution in [0.3, 0.4) is 0 Å². The van der Waals surface area contributed by atoms with Gasteiger partial charge in [-0.05, 0) is 55.5 Å². The maximum absolute atomic E-state index is 12.4. The van der Waals surface area contributed by atoms with Gasteiger partial charge < -0.3 is 19.7 Å². The molecule has 1 saturated heterocycles. The van der Waals surface area contributed by atoms with Gasteiger partial charge in [0.2, 0.25) is 12.7 Å². The highest BCUT2D eigenvalue weighted by atomic mass is 16.7. The Morgan fingerprint density at radius 3 is 2.85 bits per heavy atom. The standard InChI is InChI=1S/C20H23N3O3/c24-19(9-7-15-6-8-17-18(13-15)26-14-25-17)22-16-5-4-10-21-20(16)23-11-2-1-3-12-23/h4-6,8,10,13H,1-3,7,9,11-12,14H2,(H,22,24). The fourth-order valence-corrected chi connectivity index (χ4v) is 3.42. The van der Waals surface area contributed by atoms with Crippen LogP contribution >= 0.6 is 0 Å². The monoisotopic (exact) mass is 353 g/mol. The highest BCUT2D eigenvalue weighted by molar-refractivity contribution is 5.93. The number of nitrogens with one attached hydrogen (secondary N) is 1. The summed E-state index contributed by atoms with van der Waals surface area (Å²) >= 11 is 0. The third-order valence-corrected chi connectivity index (χ3v) is 4.79. The Kier molecular flexibility index (Phi) is 4.91. The first-order chi connectivity index (χ1) is 12.8. The van der Waals surface area contributed by atoms with Gasteiger partial charge in [-0.15, -0.1) is 0 Å². The zero-order valence-electron chi connectivity index (χ0n) is 14.7. The fraction of sp³-hybridized carbons (Fsp3) is 0.400. The zero-order valence-corrected chi connectivity index (χ0v) is 14.7. The summed E-state index contributed by atoms with van der Waals surface area (Å²) in [6.45, 7) is 2.26. The number of ether oxygens (including phenoxy) is 2. The molecule has 0 spiro atoms. The first-order valence-electron chi connectivity index (χ1n) is 9.18. The Morgan fingerprint density at radius 1 is 1.12 bits per heavy atom. The van der Waals surface area contributed by atoms with Crippen molar-refractivity contribution in [2.45, 2.75) is 32.1 Å². The van der Waals surface area contributed by atoms with Gasteiger partial charge in [0.25, 0.3) is 0 Å². The van der Waals surface area contributed by atoms with Crippen LogP contribution in [-0.4, -0.2) is 30.8 Å². The third-order valence-electron chi connectivity index (χ3n) is 4.79. The molecule has 3 heterocycles. The molecule has 1 fully saturated rings. The van der Waals surface area contributed by atoms with Crippen molar-refractivity contribution in [1.82, 2.24) is 4.98 Å². The molecule has 1 aromatic heterocycles. The van der Waals surface area contributed by atoms with E-state index < -0.39 is 0 Å². The molecule has 4 rings (SSSR count). The Hall–Kier alpha value is -2.76. The van der Waals surface area contributed by atoms with Gasteiger partial charge in [-0.1, -0.05) is 6.07 Å². The van der Waals surface area contributed by atoms with E-state index in [1.807, 2.05) is 30.3 Å². The number of hydrogen-bond donors (Lipinski definition) is 1. The predicted molar refractivity (Wildman–Crippen MR) is 99.8 cm³/mol. The Labute approximate surface area is 153 Å². The Balaban J connectivity index is 1.37. The summed E-state index contributed by atoms with van der Waals surface area (Å²) in [6, 6.07) is 9.60. The van der Waals surface area contributed by atoms with Crippen LogP contribution in [0.2, 0.25) is 0 Å². The number of benzene rings is 1. The van der Waals surface area contributed by atoms with E-state index in [0.717, 1.165) is 41.7 Å². The van der Waals surface area contributed by atoms with Gasteiger partial charge in [0.15, 0.2) is 17.3 Å². The van der Waals surface area contributed by atoms with Crippen molar-refractivity contribution >= 4 is 17.4 Å². The van der Waals surface area contributed by atoms with Crippen LogP contribution in [0, 0.1) is 0 Å². The topological polar surface area (TPSA) is 63.7 Å². The van der Waals surface area contributed by atoms with Crippen molar-refractivity contribution in [3.63, 3.8) is 0 Å². The predicted octanol–water partition coefficient (Wildman–Crippen LogP) is 3.37. The molecule has 0 saturated carbocycles. The van der Waals surface area contributed by atoms with Gasteiger partial charge in [0.05, 0.1) is 5.69 Å². The molecular formula is C20H23N3O3. The van der Waals surface area contributed by atoms with Gasteiger partial charge in [-0.2, -0.15) is 0 Å². The van der Waals surface area contributed by atoms with E-state index in [0.29, 0.717) is 12.8 Å². The summed E-state index contributed by atoms with van der Waals surface area (Å²) in [5, 5.41) is 3.03. The quantitative estimate of drug-likeness (QED) is 0.893. The number of carbonyl (C=O) groups excluding carboxylic acids is 1. The van der Waals surface area contributed by atoms with E-state index in [1.54, 1.807) is 6.20 Å². The molecule has 2 aliphatic rings. The van der Waals surface area contributed by atoms with Crippen LogP contribution in [0.5, 0.6) is 11.5 Å². The van der Waals surface area contributed by atoms with E-state index in [9.17, 15) is 4.79 Å². The highest BCUT2D eigenvalue weighted by Crippen LogP contribution is 2.33. The third kappa shape index (κ3) is 3.74. The van der Waals surface area contributed by atoms with E-state index >= 15 is 0 Å². The average molecular weight is 353 g/mol. The molecule has 1 amide bonds. The number of anilines is 2. The normalized spacial score (nSPS) is 15.8. The molecule has 1 aromatic carbocycles. The number of carbonyl (C=O) groups is 1. The lowest BCUT2D eigenvalue weighted by Gasteiger charge is -2.29. The summed E-state index contributed by atoms with van der Waals surface area (Å²) < 4.78 is 10.7. The number of amides is 1. The Morgan fingerprint density at radius 2 is 1.96 bits per heavy atom. The summed E-state index contributed by atoms with van der Waals surface area (Å²) in [5.74, 6) is 2.39. The van der Waals surface area contributed by atoms with Crippen molar-refractivity contribution in [2.75, 3.05) is 30.1 Å². The zero-order chi connectivity index (χ0) is 17.8. The molecule has 136 valence electrons. The fourth-order valence-electron chi connectivity index (χ4n) is 3.42. The number of hydrogen-bond acceptors (Lipinski definition) is 5. The smallest absolute Gasteiger partial charge is 0.231 e. The van der Waals surface area contributed by atoms with Crippen molar-refractivity contribution in [3.05, 3.63) is 42.1 Å². The van der Waals surface area contributed by atoms with Gasteiger partial charge in [-0.25, -0.2) is 4.98 Å². The Bertz CT molecular complexity index is 788. The van der Waals surface area contributed by atoms with Crippen molar-refractivity contribution in [3.8, 4) is 11.5 Å². The molecule has 0 aliphatic carbocycles. The molecule has 0 radical (unpaired) electrons. The molecule has 2 aliphatic heterocycles. The second-order valence-corrected chi connectivity index (χ2v) is 6.66. The van der Waals surface area contributed by atoms with Gasteiger partial charge in [0.1, 0.15) is 0 Å². The van der Waals surface area contributed by atoms with Crippen LogP contribution in [0.25, 0.3) is 0 Å². The highest BCUT2D eigenvalue weighted by Gasteiger charge is 2.17. The molecule has 26 heavy (non-hydrogen) atoms. The second-order valence-electron chi connectivity index (χ2n) is 6.66. The number of nitrogens with zero attached hydrogens (tertiary/aromatic N) is 2. The van der Waals surface area contributed by atoms with Crippen LogP contribution < -0.4 is 19.7 Å². The number of fused-ring (bicyclic) bond motifs is 1. The second kappa shape index (κ2) is 7.64. The minimum Gasteiger partial charge on any atom is -0.454 e. The maximum atomic E-state index is 12.4. The van der Waals surface area contributed by atoms with Crippen molar-refractivity contribution in [1.29, 1.82) is 0 Å². The van der Waals surface area contributed by atoms with Crippen LogP contribution in [0.1, 0.15) is 31.2 Å². The number of rotatable bonds is 5. The van der Waals surface area contributed by atoms with Crippen LogP contribution in [0.4, 0.5) is 11.5 Å². The van der Waals surface area contributed by atoms with E-state index in [1.165, 1.54) is 19.3 Å². The first-order valence-corrected chi connectivity index (χ1v) is 9.18. The van der Waals surface area contributed by atoms with E-state index in [2.05, 4.69) is 15.2 Å². The first kappa shape index (κ1) is 16.7. The molecule has 1 N–H and O–H groups in total. The number of pyridine rings is 1. The van der Waals surface area contributed by atoms with E-state index in [-0.39, 0.29) is 12.7 Å². The summed E-state index contributed by atoms with van der Waals surface area (Å²) in [5.41, 5.74) is 1.86. The summed E-state index contributed by atoms with van der Waals surface area (Å²) in [6.07, 6.45) is 6.46. The maximum Gasteiger partial charge on any atom is 0.231 e. The molecule has 0 bridgehead atoms. The summed E-state index contributed by atoms with van der Waals surface area (Å²) in [7, 11) is 0. The largest absolute Gasteiger partial charge is 0.454 e. The summed E-state index contributed by atoms with van der Waals surface area (Å²) in [4.78, 5) is 19.2. The van der Waals surface area contributed by atoms with Crippen LogP contribution in [0.15, 0.2) is 36.5 Å². The minimum atomic E-state index is -0.00562. The molecule has 6 nitrogen and oxygen atoms in total. The number of piperidine rings is 1. The SMILES string of the molecule is O=C(CCc1ccc2c(c1)OCO2)Nc1cccnc1N1CCCCC1. The van der Waals surface area contributed by atoms with Gasteiger partial charge >= 0.3 is 0 Å². The number of aromatic nitrogens is 1. The molecule has 0 unspecified atom stereocenters. The lowest BCUT2D eigenvalue weighted by atomic mass is 10.1. The molecule has 6 heteroatoms. The molecule has 2 aromatic rings. The van der Waals surface area contributed by atoms with Gasteiger partial charge in [-0.3, -0.25) is 4.79 Å². The van der Waals surface area contributed by atoms with Crippen molar-refractivity contribution < 1.29 is 14.3 Å². The van der Waals surface area contributed by atoms with E-state index in [4.69, 9.17) is 9.47 Å². The minimum absolute atomic E-state index is 0.00562. The lowest BCUT2D eigenvalue weighted by Crippen LogP contribution is -2.31. The van der Waals surface area contributed by atoms with Crippen LogP contribution in [-0.2, 0) is 11.2 Å². The average Bonchev–Trinajstić information content (AvgIpc) is 3.15. The van der Waals surface area contributed by atoms with Gasteiger partial charge in [0, 0.05) is 25.7 Å². The molecule has 0 atom stereocenters. The lowest BCUT2D eigenvalue weighted by molar-refractivity contribution is -0.116. The van der Waals surface area contributed by atoms with Crippen molar-refractivity contribution in [2.24, 2.45) is 0 Å². The number of aryl methyl sites for hydroxylation is 1. The molecular weight excluding hydrogens is 330 g/mol.